The van der Waals surface area contributed by atoms with Crippen LogP contribution in [0, 0.1) is 0 Å². The predicted molar refractivity (Wildman–Crippen MR) is 133 cm³/mol. The minimum atomic E-state index is -2.43. The lowest BCUT2D eigenvalue weighted by Gasteiger charge is -2.41. The lowest BCUT2D eigenvalue weighted by Crippen LogP contribution is -2.47. The lowest BCUT2D eigenvalue weighted by atomic mass is 9.94. The molecule has 0 heterocycles. The first-order chi connectivity index (χ1) is 12.5. The van der Waals surface area contributed by atoms with Crippen LogP contribution in [0.15, 0.2) is 18.2 Å². The second-order valence-electron chi connectivity index (χ2n) is 5.77. The number of rotatable bonds is 5. The molecular weight excluding hydrogens is 680 g/mol. The van der Waals surface area contributed by atoms with Crippen molar-refractivity contribution in [3.05, 3.63) is 34.9 Å². The third-order valence-corrected chi connectivity index (χ3v) is 11.6. The van der Waals surface area contributed by atoms with Gasteiger partial charge in [0.25, 0.3) is 0 Å². The van der Waals surface area contributed by atoms with Crippen molar-refractivity contribution in [2.24, 2.45) is 0 Å². The summed E-state index contributed by atoms with van der Waals surface area (Å²) >= 11 is 85.2. The smallest absolute Gasteiger partial charge is 0.226 e. The summed E-state index contributed by atoms with van der Waals surface area (Å²) < 4.78 is -14.1. The fraction of sp³-hybridized carbons (Fsp3) is 0.571. The third kappa shape index (κ3) is 5.74. The van der Waals surface area contributed by atoms with Gasteiger partial charge >= 0.3 is 0 Å². The minimum Gasteiger partial charge on any atom is -0.389 e. The van der Waals surface area contributed by atoms with Crippen molar-refractivity contribution in [2.75, 3.05) is 0 Å². The van der Waals surface area contributed by atoms with E-state index in [-0.39, 0.29) is 16.7 Å². The van der Waals surface area contributed by atoms with E-state index >= 15 is 0 Å². The van der Waals surface area contributed by atoms with Crippen LogP contribution in [-0.4, -0.2) is 21.4 Å². The molecular formula is C14H8Cl14O. The van der Waals surface area contributed by atoms with Gasteiger partial charge in [0, 0.05) is 0 Å². The Morgan fingerprint density at radius 1 is 0.655 bits per heavy atom. The van der Waals surface area contributed by atoms with Crippen LogP contribution in [0.1, 0.15) is 29.7 Å². The second kappa shape index (κ2) is 9.71. The molecule has 1 rings (SSSR count). The van der Waals surface area contributed by atoms with Gasteiger partial charge < -0.3 is 5.11 Å². The second-order valence-corrected chi connectivity index (χ2v) is 15.6. The number of hydrogen-bond acceptors (Lipinski definition) is 1. The van der Waals surface area contributed by atoms with Gasteiger partial charge in [0.1, 0.15) is 0 Å². The highest BCUT2D eigenvalue weighted by Crippen LogP contribution is 2.63. The fourth-order valence-corrected chi connectivity index (χ4v) is 5.08. The molecule has 1 aromatic rings. The summed E-state index contributed by atoms with van der Waals surface area (Å²) in [6.07, 6.45) is -1.12. The normalized spacial score (nSPS) is 16.1. The molecule has 0 fully saturated rings. The number of benzene rings is 1. The molecule has 0 aliphatic heterocycles. The molecule has 0 radical (unpaired) electrons. The first-order valence-electron chi connectivity index (χ1n) is 7.01. The molecule has 168 valence electrons. The highest BCUT2D eigenvalue weighted by molar-refractivity contribution is 6.79. The Morgan fingerprint density at radius 2 is 1.03 bits per heavy atom. The maximum atomic E-state index is 10.1. The number of halogens is 14. The van der Waals surface area contributed by atoms with E-state index in [1.54, 1.807) is 0 Å². The van der Waals surface area contributed by atoms with Gasteiger partial charge in [-0.15, -0.1) is 0 Å². The molecule has 0 saturated heterocycles. The summed E-state index contributed by atoms with van der Waals surface area (Å²) in [4.78, 5) is 0. The molecule has 0 aliphatic rings. The Hall–Kier alpha value is 3.24. The first kappa shape index (κ1) is 30.3. The van der Waals surface area contributed by atoms with Gasteiger partial charge in [0.2, 0.25) is 16.3 Å². The molecule has 15 heteroatoms. The Kier molecular flexibility index (Phi) is 10.1. The van der Waals surface area contributed by atoms with E-state index in [0.717, 1.165) is 0 Å². The zero-order valence-corrected chi connectivity index (χ0v) is 24.1. The number of aliphatic hydroxyl groups excluding tert-OH is 1. The van der Waals surface area contributed by atoms with Crippen LogP contribution in [0.3, 0.4) is 0 Å². The zero-order chi connectivity index (χ0) is 23.4. The number of alkyl halides is 14. The van der Waals surface area contributed by atoms with E-state index < -0.39 is 31.0 Å². The van der Waals surface area contributed by atoms with Gasteiger partial charge in [0.15, 0.2) is 8.67 Å². The van der Waals surface area contributed by atoms with Crippen molar-refractivity contribution >= 4 is 162 Å². The van der Waals surface area contributed by atoms with Crippen LogP contribution in [0.25, 0.3) is 0 Å². The van der Waals surface area contributed by atoms with Crippen LogP contribution >= 0.6 is 162 Å². The molecule has 0 spiro atoms. The summed E-state index contributed by atoms with van der Waals surface area (Å²) in [5.74, 6) is 0. The van der Waals surface area contributed by atoms with E-state index in [4.69, 9.17) is 162 Å². The third-order valence-electron chi connectivity index (χ3n) is 3.70. The summed E-state index contributed by atoms with van der Waals surface area (Å²) in [7, 11) is 0. The molecule has 1 nitrogen and oxygen atoms in total. The van der Waals surface area contributed by atoms with Gasteiger partial charge in [-0.25, -0.2) is 0 Å². The van der Waals surface area contributed by atoms with Crippen LogP contribution in [0.4, 0.5) is 0 Å². The van der Waals surface area contributed by atoms with Crippen molar-refractivity contribution in [2.45, 2.75) is 37.9 Å². The van der Waals surface area contributed by atoms with E-state index in [9.17, 15) is 5.11 Å². The van der Waals surface area contributed by atoms with Crippen molar-refractivity contribution < 1.29 is 5.11 Å². The van der Waals surface area contributed by atoms with E-state index in [1.807, 2.05) is 0 Å². The van der Waals surface area contributed by atoms with E-state index in [2.05, 4.69) is 0 Å². The fourth-order valence-electron chi connectivity index (χ4n) is 2.09. The molecule has 0 aliphatic carbocycles. The first-order valence-corrected chi connectivity index (χ1v) is 12.3. The molecule has 1 unspecified atom stereocenters. The van der Waals surface area contributed by atoms with E-state index in [0.29, 0.717) is 0 Å². The van der Waals surface area contributed by atoms with Gasteiger partial charge in [-0.1, -0.05) is 175 Å². The quantitative estimate of drug-likeness (QED) is 0.306. The molecule has 1 aromatic carbocycles. The summed E-state index contributed by atoms with van der Waals surface area (Å²) in [5, 5.41) is 10.1. The van der Waals surface area contributed by atoms with Gasteiger partial charge in [-0.2, -0.15) is 0 Å². The van der Waals surface area contributed by atoms with Crippen molar-refractivity contribution in [1.82, 2.24) is 0 Å². The monoisotopic (exact) mass is 682 g/mol. The van der Waals surface area contributed by atoms with Crippen LogP contribution in [0.5, 0.6) is 0 Å². The van der Waals surface area contributed by atoms with Crippen LogP contribution in [-0.2, 0) is 8.67 Å². The van der Waals surface area contributed by atoms with Gasteiger partial charge in [-0.05, 0) is 29.7 Å². The van der Waals surface area contributed by atoms with Crippen molar-refractivity contribution in [1.29, 1.82) is 0 Å². The highest BCUT2D eigenvalue weighted by atomic mass is 35.6. The van der Waals surface area contributed by atoms with Gasteiger partial charge in [0.05, 0.1) is 6.10 Å². The highest BCUT2D eigenvalue weighted by Gasteiger charge is 2.63. The largest absolute Gasteiger partial charge is 0.389 e. The summed E-state index contributed by atoms with van der Waals surface area (Å²) in [6, 6.07) is 3.87. The summed E-state index contributed by atoms with van der Waals surface area (Å²) in [6.45, 7) is 1.41. The molecule has 1 atom stereocenters. The average molecular weight is 689 g/mol. The average Bonchev–Trinajstić information content (AvgIpc) is 2.51. The zero-order valence-electron chi connectivity index (χ0n) is 13.5. The molecule has 0 aromatic heterocycles. The minimum absolute atomic E-state index is 0.0457. The maximum absolute atomic E-state index is 10.1. The molecule has 29 heavy (non-hydrogen) atoms. The predicted octanol–water partition coefficient (Wildman–Crippen LogP) is 10.1. The Bertz CT molecular complexity index is 744. The molecule has 0 saturated carbocycles. The standard InChI is InChI=1S/C14H8Cl14O/c1-5(29)7-3-2-6(9(15,16)11(19,20)13(23,24)25)4-8(7)10(17,18)12(21,22)14(26,27)28/h2-5,29H,1H3. The number of aliphatic hydroxyl groups is 1. The maximum Gasteiger partial charge on any atom is 0.226 e. The van der Waals surface area contributed by atoms with E-state index in [1.165, 1.54) is 25.1 Å². The topological polar surface area (TPSA) is 20.2 Å². The van der Waals surface area contributed by atoms with Crippen molar-refractivity contribution in [3.63, 3.8) is 0 Å². The Balaban J connectivity index is 3.83. The van der Waals surface area contributed by atoms with Crippen LogP contribution in [0.2, 0.25) is 0 Å². The molecule has 1 N–H and O–H groups in total. The van der Waals surface area contributed by atoms with Crippen molar-refractivity contribution in [3.8, 4) is 0 Å². The lowest BCUT2D eigenvalue weighted by molar-refractivity contribution is 0.197. The summed E-state index contributed by atoms with van der Waals surface area (Å²) in [5.41, 5.74) is -0.0223. The number of hydrogen-bond donors (Lipinski definition) is 1. The molecule has 0 amide bonds. The van der Waals surface area contributed by atoms with Gasteiger partial charge in [-0.3, -0.25) is 0 Å². The van der Waals surface area contributed by atoms with Crippen LogP contribution < -0.4 is 0 Å². The SMILES string of the molecule is CC(O)c1ccc(C(Cl)(Cl)C(Cl)(Cl)C(Cl)(Cl)Cl)cc1C(Cl)(Cl)C(Cl)(Cl)C(Cl)(Cl)Cl. The Labute approximate surface area is 237 Å². The molecule has 0 bridgehead atoms. The Morgan fingerprint density at radius 3 is 1.38 bits per heavy atom.